The molecule has 0 aliphatic carbocycles. The van der Waals surface area contributed by atoms with Gasteiger partial charge in [-0.05, 0) is 43.7 Å². The summed E-state index contributed by atoms with van der Waals surface area (Å²) in [4.78, 5) is 11.0. The van der Waals surface area contributed by atoms with Crippen molar-refractivity contribution in [1.29, 1.82) is 0 Å². The van der Waals surface area contributed by atoms with E-state index < -0.39 is 11.7 Å². The molecule has 0 heterocycles. The van der Waals surface area contributed by atoms with Crippen molar-refractivity contribution in [2.75, 3.05) is 12.8 Å². The number of methoxy groups -OCH3 is 1. The molecule has 6 nitrogen and oxygen atoms in total. The van der Waals surface area contributed by atoms with E-state index in [2.05, 4.69) is 0 Å². The first-order valence-corrected chi connectivity index (χ1v) is 7.48. The molecule has 1 amide bonds. The monoisotopic (exact) mass is 330 g/mol. The number of nitrogens with two attached hydrogens (primary N) is 2. The molecule has 0 atom stereocenters. The maximum Gasteiger partial charge on any atom is 0.405 e. The standard InChI is InChI=1S/C18H22N2O4/c1-18(2,24-17(20)21)11-12-5-4-6-14(9-12)23-15-8-7-13(19)10-16(15)22-3/h4-10H,11,19H2,1-3H3,(H2,20,21). The molecule has 2 rings (SSSR count). The van der Waals surface area contributed by atoms with Crippen molar-refractivity contribution in [1.82, 2.24) is 0 Å². The first-order valence-electron chi connectivity index (χ1n) is 7.48. The van der Waals surface area contributed by atoms with Crippen molar-refractivity contribution in [2.45, 2.75) is 25.9 Å². The molecule has 0 aliphatic heterocycles. The van der Waals surface area contributed by atoms with Crippen LogP contribution < -0.4 is 20.9 Å². The van der Waals surface area contributed by atoms with Gasteiger partial charge in [-0.25, -0.2) is 4.79 Å². The summed E-state index contributed by atoms with van der Waals surface area (Å²) < 4.78 is 16.3. The number of carbonyl (C=O) groups is 1. The molecule has 6 heteroatoms. The van der Waals surface area contributed by atoms with E-state index in [0.29, 0.717) is 29.4 Å². The molecule has 4 N–H and O–H groups in total. The van der Waals surface area contributed by atoms with Crippen LogP contribution in [0.1, 0.15) is 19.4 Å². The first kappa shape index (κ1) is 17.5. The number of hydrogen-bond donors (Lipinski definition) is 2. The second kappa shape index (κ2) is 7.12. The summed E-state index contributed by atoms with van der Waals surface area (Å²) in [5, 5.41) is 0. The van der Waals surface area contributed by atoms with Crippen LogP contribution >= 0.6 is 0 Å². The van der Waals surface area contributed by atoms with Crippen LogP contribution in [-0.2, 0) is 11.2 Å². The Kier molecular flexibility index (Phi) is 5.18. The minimum absolute atomic E-state index is 0.506. The number of carbonyl (C=O) groups excluding carboxylic acids is 1. The molecular weight excluding hydrogens is 308 g/mol. The fourth-order valence-electron chi connectivity index (χ4n) is 2.41. The number of amides is 1. The number of hydrogen-bond acceptors (Lipinski definition) is 5. The molecule has 2 aromatic carbocycles. The normalized spacial score (nSPS) is 11.0. The SMILES string of the molecule is COc1cc(N)ccc1Oc1cccc(CC(C)(C)OC(N)=O)c1. The van der Waals surface area contributed by atoms with E-state index in [4.69, 9.17) is 25.7 Å². The van der Waals surface area contributed by atoms with E-state index in [1.165, 1.54) is 0 Å². The smallest absolute Gasteiger partial charge is 0.405 e. The number of rotatable bonds is 6. The van der Waals surface area contributed by atoms with E-state index in [9.17, 15) is 4.79 Å². The molecule has 0 aliphatic rings. The zero-order valence-corrected chi connectivity index (χ0v) is 14.0. The number of primary amides is 1. The van der Waals surface area contributed by atoms with Gasteiger partial charge >= 0.3 is 6.09 Å². The van der Waals surface area contributed by atoms with Crippen molar-refractivity contribution in [3.63, 3.8) is 0 Å². The minimum atomic E-state index is -0.793. The van der Waals surface area contributed by atoms with Crippen LogP contribution in [0.5, 0.6) is 17.2 Å². The fraction of sp³-hybridized carbons (Fsp3) is 0.278. The third kappa shape index (κ3) is 4.81. The summed E-state index contributed by atoms with van der Waals surface area (Å²) in [6.07, 6.45) is -0.287. The van der Waals surface area contributed by atoms with Gasteiger partial charge in [-0.1, -0.05) is 12.1 Å². The quantitative estimate of drug-likeness (QED) is 0.790. The third-order valence-corrected chi connectivity index (χ3v) is 3.32. The molecule has 0 spiro atoms. The van der Waals surface area contributed by atoms with Crippen LogP contribution in [-0.4, -0.2) is 18.8 Å². The average molecular weight is 330 g/mol. The van der Waals surface area contributed by atoms with Gasteiger partial charge < -0.3 is 25.7 Å². The van der Waals surface area contributed by atoms with Crippen molar-refractivity contribution in [2.24, 2.45) is 5.73 Å². The highest BCUT2D eigenvalue weighted by atomic mass is 16.6. The summed E-state index contributed by atoms with van der Waals surface area (Å²) in [5.74, 6) is 1.76. The number of anilines is 1. The Morgan fingerprint density at radius 2 is 1.88 bits per heavy atom. The van der Waals surface area contributed by atoms with Gasteiger partial charge in [0.2, 0.25) is 0 Å². The molecule has 0 saturated heterocycles. The van der Waals surface area contributed by atoms with Crippen molar-refractivity contribution >= 4 is 11.8 Å². The topological polar surface area (TPSA) is 96.8 Å². The fourth-order valence-corrected chi connectivity index (χ4v) is 2.41. The van der Waals surface area contributed by atoms with Crippen molar-refractivity contribution in [3.05, 3.63) is 48.0 Å². The molecule has 0 bridgehead atoms. The van der Waals surface area contributed by atoms with Crippen molar-refractivity contribution in [3.8, 4) is 17.2 Å². The lowest BCUT2D eigenvalue weighted by Crippen LogP contribution is -2.33. The maximum atomic E-state index is 11.0. The summed E-state index contributed by atoms with van der Waals surface area (Å²) in [6.45, 7) is 3.60. The van der Waals surface area contributed by atoms with Gasteiger partial charge in [0.1, 0.15) is 11.4 Å². The Labute approximate surface area is 141 Å². The molecule has 0 aromatic heterocycles. The molecule has 0 radical (unpaired) electrons. The predicted octanol–water partition coefficient (Wildman–Crippen LogP) is 3.49. The minimum Gasteiger partial charge on any atom is -0.493 e. The van der Waals surface area contributed by atoms with Gasteiger partial charge in [-0.2, -0.15) is 0 Å². The molecular formula is C18H22N2O4. The molecule has 0 saturated carbocycles. The summed E-state index contributed by atoms with van der Waals surface area (Å²) in [5.41, 5.74) is 11.7. The number of ether oxygens (including phenoxy) is 3. The van der Waals surface area contributed by atoms with Gasteiger partial charge in [-0.3, -0.25) is 0 Å². The van der Waals surface area contributed by atoms with Gasteiger partial charge in [0.15, 0.2) is 11.5 Å². The van der Waals surface area contributed by atoms with Gasteiger partial charge in [0.25, 0.3) is 0 Å². The zero-order chi connectivity index (χ0) is 17.7. The van der Waals surface area contributed by atoms with Gasteiger partial charge in [-0.15, -0.1) is 0 Å². The lowest BCUT2D eigenvalue weighted by Gasteiger charge is -2.24. The van der Waals surface area contributed by atoms with Crippen LogP contribution in [0.4, 0.5) is 10.5 Å². The Morgan fingerprint density at radius 1 is 1.12 bits per heavy atom. The second-order valence-electron chi connectivity index (χ2n) is 6.02. The van der Waals surface area contributed by atoms with E-state index in [-0.39, 0.29) is 0 Å². The summed E-state index contributed by atoms with van der Waals surface area (Å²) in [7, 11) is 1.56. The Balaban J connectivity index is 2.18. The Bertz CT molecular complexity index is 729. The molecule has 0 fully saturated rings. The average Bonchev–Trinajstić information content (AvgIpc) is 2.47. The third-order valence-electron chi connectivity index (χ3n) is 3.32. The molecule has 2 aromatic rings. The number of benzene rings is 2. The zero-order valence-electron chi connectivity index (χ0n) is 14.0. The molecule has 24 heavy (non-hydrogen) atoms. The van der Waals surface area contributed by atoms with E-state index in [0.717, 1.165) is 5.56 Å². The lowest BCUT2D eigenvalue weighted by molar-refractivity contribution is 0.0460. The Hall–Kier alpha value is -2.89. The predicted molar refractivity (Wildman–Crippen MR) is 92.4 cm³/mol. The first-order chi connectivity index (χ1) is 11.3. The van der Waals surface area contributed by atoms with E-state index in [1.54, 1.807) is 39.2 Å². The lowest BCUT2D eigenvalue weighted by atomic mass is 9.98. The van der Waals surface area contributed by atoms with Crippen LogP contribution in [0.3, 0.4) is 0 Å². The van der Waals surface area contributed by atoms with Crippen LogP contribution in [0.15, 0.2) is 42.5 Å². The Morgan fingerprint density at radius 3 is 2.54 bits per heavy atom. The number of nitrogen functional groups attached to an aromatic ring is 1. The largest absolute Gasteiger partial charge is 0.493 e. The highest BCUT2D eigenvalue weighted by Gasteiger charge is 2.22. The van der Waals surface area contributed by atoms with Gasteiger partial charge in [0.05, 0.1) is 7.11 Å². The summed E-state index contributed by atoms with van der Waals surface area (Å²) >= 11 is 0. The highest BCUT2D eigenvalue weighted by molar-refractivity contribution is 5.65. The summed E-state index contributed by atoms with van der Waals surface area (Å²) in [6, 6.07) is 12.7. The van der Waals surface area contributed by atoms with E-state index >= 15 is 0 Å². The maximum absolute atomic E-state index is 11.0. The van der Waals surface area contributed by atoms with Crippen LogP contribution in [0.25, 0.3) is 0 Å². The second-order valence-corrected chi connectivity index (χ2v) is 6.02. The van der Waals surface area contributed by atoms with Crippen LogP contribution in [0, 0.1) is 0 Å². The van der Waals surface area contributed by atoms with E-state index in [1.807, 2.05) is 24.3 Å². The van der Waals surface area contributed by atoms with Gasteiger partial charge in [0, 0.05) is 18.2 Å². The van der Waals surface area contributed by atoms with Crippen LogP contribution in [0.2, 0.25) is 0 Å². The molecule has 0 unspecified atom stereocenters. The van der Waals surface area contributed by atoms with Crippen molar-refractivity contribution < 1.29 is 19.0 Å². The highest BCUT2D eigenvalue weighted by Crippen LogP contribution is 2.33. The molecule has 128 valence electrons.